The van der Waals surface area contributed by atoms with E-state index in [1.54, 1.807) is 22.9 Å². The highest BCUT2D eigenvalue weighted by Gasteiger charge is 2.33. The van der Waals surface area contributed by atoms with Crippen molar-refractivity contribution < 1.29 is 19.0 Å². The SMILES string of the molecule is CC(C)COCC(O)CN(Cc1c(-c2ccccc2)nn(C)c1Oc1ccccc1F)C1CC1. The van der Waals surface area contributed by atoms with Crippen LogP contribution < -0.4 is 4.74 Å². The van der Waals surface area contributed by atoms with Gasteiger partial charge in [-0.1, -0.05) is 56.3 Å². The second kappa shape index (κ2) is 11.1. The van der Waals surface area contributed by atoms with Crippen molar-refractivity contribution in [3.05, 3.63) is 66.0 Å². The normalized spacial score (nSPS) is 14.7. The quantitative estimate of drug-likeness (QED) is 0.406. The van der Waals surface area contributed by atoms with Crippen molar-refractivity contribution in [1.29, 1.82) is 0 Å². The summed E-state index contributed by atoms with van der Waals surface area (Å²) in [5, 5.41) is 15.4. The topological polar surface area (TPSA) is 59.8 Å². The fourth-order valence-electron chi connectivity index (χ4n) is 4.03. The first kappa shape index (κ1) is 24.4. The van der Waals surface area contributed by atoms with Gasteiger partial charge in [-0.25, -0.2) is 9.07 Å². The van der Waals surface area contributed by atoms with Crippen molar-refractivity contribution in [2.24, 2.45) is 13.0 Å². The number of hydrogen-bond acceptors (Lipinski definition) is 5. The average Bonchev–Trinajstić information content (AvgIpc) is 3.61. The summed E-state index contributed by atoms with van der Waals surface area (Å²) in [4.78, 5) is 2.26. The van der Waals surface area contributed by atoms with Gasteiger partial charge in [-0.05, 0) is 30.9 Å². The molecule has 1 N–H and O–H groups in total. The molecule has 0 saturated heterocycles. The van der Waals surface area contributed by atoms with E-state index in [4.69, 9.17) is 14.6 Å². The lowest BCUT2D eigenvalue weighted by molar-refractivity contribution is 0.00541. The second-order valence-electron chi connectivity index (χ2n) is 9.40. The molecule has 1 saturated carbocycles. The Morgan fingerprint density at radius 2 is 1.79 bits per heavy atom. The third-order valence-electron chi connectivity index (χ3n) is 5.81. The Labute approximate surface area is 200 Å². The van der Waals surface area contributed by atoms with Gasteiger partial charge in [-0.15, -0.1) is 0 Å². The number of aliphatic hydroxyl groups excluding tert-OH is 1. The van der Waals surface area contributed by atoms with Crippen LogP contribution in [0.25, 0.3) is 11.3 Å². The minimum atomic E-state index is -0.591. The average molecular weight is 468 g/mol. The maximum atomic E-state index is 14.4. The van der Waals surface area contributed by atoms with Crippen molar-refractivity contribution in [3.63, 3.8) is 0 Å². The Bertz CT molecular complexity index is 1070. The van der Waals surface area contributed by atoms with Crippen molar-refractivity contribution in [3.8, 4) is 22.9 Å². The largest absolute Gasteiger partial charge is 0.436 e. The highest BCUT2D eigenvalue weighted by molar-refractivity contribution is 5.65. The summed E-state index contributed by atoms with van der Waals surface area (Å²) in [5.41, 5.74) is 2.64. The van der Waals surface area contributed by atoms with Crippen LogP contribution in [0.15, 0.2) is 54.6 Å². The van der Waals surface area contributed by atoms with Crippen LogP contribution in [0.1, 0.15) is 32.3 Å². The smallest absolute Gasteiger partial charge is 0.222 e. The van der Waals surface area contributed by atoms with E-state index in [0.717, 1.165) is 29.7 Å². The molecular weight excluding hydrogens is 433 g/mol. The van der Waals surface area contributed by atoms with Crippen LogP contribution in [-0.2, 0) is 18.3 Å². The Hall–Kier alpha value is -2.74. The maximum Gasteiger partial charge on any atom is 0.222 e. The monoisotopic (exact) mass is 467 g/mol. The van der Waals surface area contributed by atoms with E-state index in [2.05, 4.69) is 18.7 Å². The first-order chi connectivity index (χ1) is 16.4. The summed E-state index contributed by atoms with van der Waals surface area (Å²) in [7, 11) is 1.81. The van der Waals surface area contributed by atoms with Crippen LogP contribution in [0.2, 0.25) is 0 Å². The minimum absolute atomic E-state index is 0.159. The molecule has 2 aromatic carbocycles. The molecule has 182 valence electrons. The molecule has 0 radical (unpaired) electrons. The van der Waals surface area contributed by atoms with Crippen LogP contribution in [0.3, 0.4) is 0 Å². The Balaban J connectivity index is 1.62. The van der Waals surface area contributed by atoms with E-state index in [1.807, 2.05) is 37.4 Å². The van der Waals surface area contributed by atoms with E-state index in [-0.39, 0.29) is 5.75 Å². The van der Waals surface area contributed by atoms with Gasteiger partial charge in [0.15, 0.2) is 11.6 Å². The van der Waals surface area contributed by atoms with E-state index in [9.17, 15) is 9.50 Å². The molecule has 4 rings (SSSR count). The van der Waals surface area contributed by atoms with Crippen LogP contribution in [-0.4, -0.2) is 51.7 Å². The van der Waals surface area contributed by atoms with E-state index >= 15 is 0 Å². The fourth-order valence-corrected chi connectivity index (χ4v) is 4.03. The van der Waals surface area contributed by atoms with Gasteiger partial charge in [0.05, 0.1) is 18.3 Å². The number of ether oxygens (including phenoxy) is 2. The molecule has 1 unspecified atom stereocenters. The lowest BCUT2D eigenvalue weighted by Crippen LogP contribution is -2.36. The number of para-hydroxylation sites is 1. The van der Waals surface area contributed by atoms with Crippen molar-refractivity contribution in [2.45, 2.75) is 45.4 Å². The zero-order valence-corrected chi connectivity index (χ0v) is 20.2. The van der Waals surface area contributed by atoms with Gasteiger partial charge in [0.1, 0.15) is 5.69 Å². The summed E-state index contributed by atoms with van der Waals surface area (Å²) >= 11 is 0. The molecule has 1 heterocycles. The van der Waals surface area contributed by atoms with Gasteiger partial charge in [-0.2, -0.15) is 5.10 Å². The summed E-state index contributed by atoms with van der Waals surface area (Å²) in [6, 6.07) is 16.7. The third kappa shape index (κ3) is 6.23. The number of aryl methyl sites for hydroxylation is 1. The predicted molar refractivity (Wildman–Crippen MR) is 130 cm³/mol. The predicted octanol–water partition coefficient (Wildman–Crippen LogP) is 5.02. The number of rotatable bonds is 12. The molecule has 7 heteroatoms. The molecule has 1 aromatic heterocycles. The molecular formula is C27H34FN3O3. The zero-order chi connectivity index (χ0) is 24.1. The maximum absolute atomic E-state index is 14.4. The molecule has 6 nitrogen and oxygen atoms in total. The standard InChI is InChI=1S/C27H34FN3O3/c1-19(2)17-33-18-22(32)15-31(21-13-14-21)16-23-26(20-9-5-4-6-10-20)29-30(3)27(23)34-25-12-8-7-11-24(25)28/h4-12,19,21-22,32H,13-18H2,1-3H3. The molecule has 1 atom stereocenters. The number of aromatic nitrogens is 2. The first-order valence-electron chi connectivity index (χ1n) is 12.0. The second-order valence-corrected chi connectivity index (χ2v) is 9.40. The third-order valence-corrected chi connectivity index (χ3v) is 5.81. The lowest BCUT2D eigenvalue weighted by atomic mass is 10.1. The number of nitrogens with zero attached hydrogens (tertiary/aromatic N) is 3. The van der Waals surface area contributed by atoms with Crippen LogP contribution in [0, 0.1) is 11.7 Å². The molecule has 1 aliphatic rings. The molecule has 0 spiro atoms. The number of benzene rings is 2. The molecule has 1 fully saturated rings. The van der Waals surface area contributed by atoms with Crippen LogP contribution in [0.5, 0.6) is 11.6 Å². The highest BCUT2D eigenvalue weighted by Crippen LogP contribution is 2.37. The van der Waals surface area contributed by atoms with Crippen molar-refractivity contribution in [1.82, 2.24) is 14.7 Å². The molecule has 1 aliphatic carbocycles. The zero-order valence-electron chi connectivity index (χ0n) is 20.2. The van der Waals surface area contributed by atoms with Gasteiger partial charge in [-0.3, -0.25) is 4.90 Å². The van der Waals surface area contributed by atoms with Gasteiger partial charge in [0.2, 0.25) is 5.88 Å². The number of aliphatic hydroxyl groups is 1. The van der Waals surface area contributed by atoms with Gasteiger partial charge in [0.25, 0.3) is 0 Å². The number of halogens is 1. The van der Waals surface area contributed by atoms with Gasteiger partial charge >= 0.3 is 0 Å². The Morgan fingerprint density at radius 1 is 1.09 bits per heavy atom. The van der Waals surface area contributed by atoms with E-state index in [0.29, 0.717) is 44.1 Å². The summed E-state index contributed by atoms with van der Waals surface area (Å²) in [6.07, 6.45) is 1.58. The van der Waals surface area contributed by atoms with Gasteiger partial charge < -0.3 is 14.6 Å². The highest BCUT2D eigenvalue weighted by atomic mass is 19.1. The van der Waals surface area contributed by atoms with E-state index < -0.39 is 11.9 Å². The number of hydrogen-bond donors (Lipinski definition) is 1. The molecule has 0 bridgehead atoms. The molecule has 0 amide bonds. The van der Waals surface area contributed by atoms with Crippen LogP contribution >= 0.6 is 0 Å². The molecule has 34 heavy (non-hydrogen) atoms. The van der Waals surface area contributed by atoms with E-state index in [1.165, 1.54) is 6.07 Å². The molecule has 3 aromatic rings. The lowest BCUT2D eigenvalue weighted by Gasteiger charge is -2.25. The van der Waals surface area contributed by atoms with Crippen molar-refractivity contribution >= 4 is 0 Å². The summed E-state index contributed by atoms with van der Waals surface area (Å²) < 4.78 is 27.8. The van der Waals surface area contributed by atoms with Gasteiger partial charge in [0, 0.05) is 38.3 Å². The minimum Gasteiger partial charge on any atom is -0.436 e. The van der Waals surface area contributed by atoms with Crippen LogP contribution in [0.4, 0.5) is 4.39 Å². The first-order valence-corrected chi connectivity index (χ1v) is 12.0. The molecule has 0 aliphatic heterocycles. The summed E-state index contributed by atoms with van der Waals surface area (Å²) in [6.45, 7) is 6.14. The Morgan fingerprint density at radius 3 is 2.47 bits per heavy atom. The fraction of sp³-hybridized carbons (Fsp3) is 0.444. The summed E-state index contributed by atoms with van der Waals surface area (Å²) in [5.74, 6) is 0.660. The van der Waals surface area contributed by atoms with Crippen molar-refractivity contribution in [2.75, 3.05) is 19.8 Å². The Kier molecular flexibility index (Phi) is 7.98.